The van der Waals surface area contributed by atoms with Gasteiger partial charge in [0, 0.05) is 37.7 Å². The van der Waals surface area contributed by atoms with E-state index in [1.807, 2.05) is 24.3 Å². The van der Waals surface area contributed by atoms with Gasteiger partial charge >= 0.3 is 0 Å². The smallest absolute Gasteiger partial charge is 0.256 e. The van der Waals surface area contributed by atoms with Crippen LogP contribution in [-0.4, -0.2) is 53.7 Å². The van der Waals surface area contributed by atoms with Gasteiger partial charge in [0.05, 0.1) is 11.1 Å². The van der Waals surface area contributed by atoms with Crippen LogP contribution in [0.5, 0.6) is 0 Å². The minimum absolute atomic E-state index is 0. The highest BCUT2D eigenvalue weighted by Gasteiger charge is 2.23. The molecule has 1 aliphatic heterocycles. The summed E-state index contributed by atoms with van der Waals surface area (Å²) in [6, 6.07) is 19.6. The second kappa shape index (κ2) is 14.1. The van der Waals surface area contributed by atoms with E-state index in [1.165, 1.54) is 29.8 Å². The Labute approximate surface area is 219 Å². The highest BCUT2D eigenvalue weighted by molar-refractivity contribution is 6.67. The Morgan fingerprint density at radius 1 is 0.771 bits per heavy atom. The molecule has 1 fully saturated rings. The van der Waals surface area contributed by atoms with Crippen LogP contribution < -0.4 is 0 Å². The minimum Gasteiger partial charge on any atom is -0.336 e. The highest BCUT2D eigenvalue weighted by Crippen LogP contribution is 2.14. The van der Waals surface area contributed by atoms with Gasteiger partial charge in [-0.15, -0.1) is 12.4 Å². The van der Waals surface area contributed by atoms with E-state index in [2.05, 4.69) is 4.90 Å². The zero-order valence-corrected chi connectivity index (χ0v) is 21.1. The van der Waals surface area contributed by atoms with Gasteiger partial charge in [0.15, 0.2) is 0 Å². The predicted molar refractivity (Wildman–Crippen MR) is 138 cm³/mol. The van der Waals surface area contributed by atoms with Crippen molar-refractivity contribution in [3.8, 4) is 0 Å². The van der Waals surface area contributed by atoms with Crippen molar-refractivity contribution in [2.75, 3.05) is 32.7 Å². The van der Waals surface area contributed by atoms with Crippen LogP contribution in [0, 0.1) is 11.6 Å². The van der Waals surface area contributed by atoms with E-state index in [4.69, 9.17) is 23.2 Å². The molecule has 1 heterocycles. The van der Waals surface area contributed by atoms with Crippen molar-refractivity contribution in [3.05, 3.63) is 106 Å². The Kier molecular flexibility index (Phi) is 11.6. The molecule has 0 N–H and O–H groups in total. The highest BCUT2D eigenvalue weighted by atomic mass is 35.5. The Balaban J connectivity index is 0.000000332. The van der Waals surface area contributed by atoms with Crippen molar-refractivity contribution in [1.82, 2.24) is 9.80 Å². The zero-order valence-electron chi connectivity index (χ0n) is 18.8. The Morgan fingerprint density at radius 2 is 1.29 bits per heavy atom. The van der Waals surface area contributed by atoms with Gasteiger partial charge in [0.2, 0.25) is 0 Å². The summed E-state index contributed by atoms with van der Waals surface area (Å²) >= 11 is 10.9. The normalized spacial score (nSPS) is 13.3. The molecular formula is C26H25Cl3F2N2O2. The van der Waals surface area contributed by atoms with E-state index >= 15 is 0 Å². The van der Waals surface area contributed by atoms with Crippen LogP contribution >= 0.6 is 35.6 Å². The summed E-state index contributed by atoms with van der Waals surface area (Å²) in [5.41, 5.74) is 1.33. The Morgan fingerprint density at radius 3 is 1.77 bits per heavy atom. The van der Waals surface area contributed by atoms with Crippen LogP contribution in [0.4, 0.5) is 8.78 Å². The topological polar surface area (TPSA) is 40.6 Å². The molecule has 0 saturated carbocycles. The fourth-order valence-electron chi connectivity index (χ4n) is 3.54. The summed E-state index contributed by atoms with van der Waals surface area (Å²) in [4.78, 5) is 26.9. The van der Waals surface area contributed by atoms with Gasteiger partial charge in [0.1, 0.15) is 11.6 Å². The monoisotopic (exact) mass is 540 g/mol. The van der Waals surface area contributed by atoms with Crippen molar-refractivity contribution in [2.45, 2.75) is 6.42 Å². The predicted octanol–water partition coefficient (Wildman–Crippen LogP) is 6.11. The van der Waals surface area contributed by atoms with Gasteiger partial charge in [0.25, 0.3) is 11.1 Å². The quantitative estimate of drug-likeness (QED) is 0.366. The number of hydrogen-bond donors (Lipinski definition) is 0. The van der Waals surface area contributed by atoms with E-state index in [9.17, 15) is 18.4 Å². The zero-order chi connectivity index (χ0) is 24.5. The van der Waals surface area contributed by atoms with Gasteiger partial charge in [-0.25, -0.2) is 8.78 Å². The summed E-state index contributed by atoms with van der Waals surface area (Å²) < 4.78 is 26.3. The molecule has 0 aromatic heterocycles. The number of rotatable bonds is 5. The molecule has 1 aliphatic rings. The maximum Gasteiger partial charge on any atom is 0.256 e. The van der Waals surface area contributed by atoms with Gasteiger partial charge < -0.3 is 4.90 Å². The van der Waals surface area contributed by atoms with Crippen molar-refractivity contribution in [2.24, 2.45) is 0 Å². The van der Waals surface area contributed by atoms with Gasteiger partial charge in [-0.05, 0) is 60.0 Å². The third-order valence-corrected chi connectivity index (χ3v) is 5.93. The largest absolute Gasteiger partial charge is 0.336 e. The standard InChI is InChI=1S/C19H20ClFN2O.C7H4ClFO.ClH/c20-16-7-5-15(6-8-16)9-10-22-11-13-23(14-12-22)19(24)17-3-1-2-4-18(17)21;8-7(10)5-3-1-2-4-6(5)9;/h1-8H,9-14H2;1-4H;1H. The van der Waals surface area contributed by atoms with Crippen LogP contribution in [0.3, 0.4) is 0 Å². The molecule has 0 bridgehead atoms. The van der Waals surface area contributed by atoms with Crippen molar-refractivity contribution < 1.29 is 18.4 Å². The first-order valence-electron chi connectivity index (χ1n) is 10.8. The summed E-state index contributed by atoms with van der Waals surface area (Å²) in [5.74, 6) is -1.25. The maximum atomic E-state index is 13.7. The molecular weight excluding hydrogens is 517 g/mol. The first-order valence-corrected chi connectivity index (χ1v) is 11.6. The van der Waals surface area contributed by atoms with E-state index in [-0.39, 0.29) is 29.4 Å². The lowest BCUT2D eigenvalue weighted by Gasteiger charge is -2.34. The molecule has 0 aliphatic carbocycles. The number of nitrogens with zero attached hydrogens (tertiary/aromatic N) is 2. The van der Waals surface area contributed by atoms with Crippen LogP contribution in [0.25, 0.3) is 0 Å². The lowest BCUT2D eigenvalue weighted by molar-refractivity contribution is 0.0634. The number of carbonyl (C=O) groups excluding carboxylic acids is 2. The lowest BCUT2D eigenvalue weighted by atomic mass is 10.1. The van der Waals surface area contributed by atoms with E-state index < -0.39 is 16.9 Å². The van der Waals surface area contributed by atoms with Crippen molar-refractivity contribution >= 4 is 46.8 Å². The molecule has 35 heavy (non-hydrogen) atoms. The number of halogens is 5. The molecule has 1 saturated heterocycles. The third-order valence-electron chi connectivity index (χ3n) is 5.48. The second-order valence-electron chi connectivity index (χ2n) is 7.74. The number of amides is 1. The number of piperazine rings is 1. The number of benzene rings is 3. The van der Waals surface area contributed by atoms with E-state index in [1.54, 1.807) is 29.2 Å². The lowest BCUT2D eigenvalue weighted by Crippen LogP contribution is -2.49. The SMILES string of the molecule is Cl.O=C(Cl)c1ccccc1F.O=C(c1ccccc1F)N1CCN(CCc2ccc(Cl)cc2)CC1. The summed E-state index contributed by atoms with van der Waals surface area (Å²) in [6.45, 7) is 3.84. The Bertz CT molecular complexity index is 1120. The van der Waals surface area contributed by atoms with Crippen LogP contribution in [0.1, 0.15) is 26.3 Å². The number of carbonyl (C=O) groups is 2. The number of hydrogen-bond acceptors (Lipinski definition) is 3. The molecule has 0 spiro atoms. The molecule has 0 radical (unpaired) electrons. The average Bonchev–Trinajstić information content (AvgIpc) is 2.84. The second-order valence-corrected chi connectivity index (χ2v) is 8.52. The van der Waals surface area contributed by atoms with Gasteiger partial charge in [-0.3, -0.25) is 14.5 Å². The average molecular weight is 542 g/mol. The summed E-state index contributed by atoms with van der Waals surface area (Å²) in [5, 5.41) is -0.0166. The fourth-order valence-corrected chi connectivity index (χ4v) is 3.82. The van der Waals surface area contributed by atoms with Crippen molar-refractivity contribution in [3.63, 3.8) is 0 Å². The minimum atomic E-state index is -0.766. The van der Waals surface area contributed by atoms with Crippen LogP contribution in [0.15, 0.2) is 72.8 Å². The molecule has 0 unspecified atom stereocenters. The van der Waals surface area contributed by atoms with E-state index in [0.717, 1.165) is 31.1 Å². The van der Waals surface area contributed by atoms with Crippen LogP contribution in [-0.2, 0) is 6.42 Å². The molecule has 4 rings (SSSR count). The molecule has 3 aromatic carbocycles. The molecule has 1 amide bonds. The third kappa shape index (κ3) is 8.58. The summed E-state index contributed by atoms with van der Waals surface area (Å²) in [6.07, 6.45) is 0.957. The van der Waals surface area contributed by atoms with Crippen LogP contribution in [0.2, 0.25) is 5.02 Å². The maximum absolute atomic E-state index is 13.7. The molecule has 0 atom stereocenters. The Hall–Kier alpha value is -2.51. The van der Waals surface area contributed by atoms with E-state index in [0.29, 0.717) is 13.1 Å². The first kappa shape index (κ1) is 28.7. The first-order chi connectivity index (χ1) is 16.3. The molecule has 3 aromatic rings. The summed E-state index contributed by atoms with van der Waals surface area (Å²) in [7, 11) is 0. The molecule has 4 nitrogen and oxygen atoms in total. The van der Waals surface area contributed by atoms with Gasteiger partial charge in [-0.1, -0.05) is 48.0 Å². The molecule has 186 valence electrons. The van der Waals surface area contributed by atoms with Crippen molar-refractivity contribution in [1.29, 1.82) is 0 Å². The molecule has 9 heteroatoms. The fraction of sp³-hybridized carbons (Fsp3) is 0.231. The van der Waals surface area contributed by atoms with Gasteiger partial charge in [-0.2, -0.15) is 0 Å².